The summed E-state index contributed by atoms with van der Waals surface area (Å²) in [5.41, 5.74) is 2.07. The maximum Gasteiger partial charge on any atom is 0.356 e. The van der Waals surface area contributed by atoms with E-state index in [2.05, 4.69) is 15.4 Å². The van der Waals surface area contributed by atoms with Crippen molar-refractivity contribution in [2.75, 3.05) is 0 Å². The Kier molecular flexibility index (Phi) is 4.28. The van der Waals surface area contributed by atoms with Crippen LogP contribution in [0.2, 0.25) is 5.02 Å². The van der Waals surface area contributed by atoms with Crippen molar-refractivity contribution >= 4 is 17.6 Å². The molecule has 130 valence electrons. The first-order valence-electron chi connectivity index (χ1n) is 7.67. The highest BCUT2D eigenvalue weighted by Crippen LogP contribution is 2.23. The van der Waals surface area contributed by atoms with E-state index in [1.54, 1.807) is 36.4 Å². The molecule has 26 heavy (non-hydrogen) atoms. The fourth-order valence-corrected chi connectivity index (χ4v) is 2.45. The van der Waals surface area contributed by atoms with Gasteiger partial charge in [-0.1, -0.05) is 16.8 Å². The predicted molar refractivity (Wildman–Crippen MR) is 92.4 cm³/mol. The minimum Gasteiger partial charge on any atom is -0.463 e. The van der Waals surface area contributed by atoms with Gasteiger partial charge in [-0.25, -0.2) is 4.79 Å². The molecule has 0 unspecified atom stereocenters. The summed E-state index contributed by atoms with van der Waals surface area (Å²) < 4.78 is 15.7. The molecule has 0 aliphatic carbocycles. The summed E-state index contributed by atoms with van der Waals surface area (Å²) in [4.78, 5) is 12.1. The van der Waals surface area contributed by atoms with Crippen LogP contribution in [0, 0.1) is 0 Å². The molecule has 0 atom stereocenters. The molecule has 8 heteroatoms. The third-order valence-electron chi connectivity index (χ3n) is 3.61. The van der Waals surface area contributed by atoms with Crippen molar-refractivity contribution in [1.82, 2.24) is 15.4 Å². The van der Waals surface area contributed by atoms with E-state index < -0.39 is 5.97 Å². The molecule has 4 aromatic rings. The summed E-state index contributed by atoms with van der Waals surface area (Å²) in [5.74, 6) is 0.574. The number of rotatable bonds is 5. The third-order valence-corrected chi connectivity index (χ3v) is 3.86. The summed E-state index contributed by atoms with van der Waals surface area (Å²) in [7, 11) is 0. The van der Waals surface area contributed by atoms with Gasteiger partial charge >= 0.3 is 5.97 Å². The zero-order chi connectivity index (χ0) is 17.9. The van der Waals surface area contributed by atoms with Gasteiger partial charge in [-0.05, 0) is 36.4 Å². The number of hydrogen-bond donors (Lipinski definition) is 1. The number of ether oxygens (including phenoxy) is 1. The fourth-order valence-electron chi connectivity index (χ4n) is 2.32. The molecule has 0 saturated heterocycles. The van der Waals surface area contributed by atoms with Gasteiger partial charge in [0.05, 0.1) is 6.26 Å². The number of nitrogens with zero attached hydrogens (tertiary/aromatic N) is 2. The van der Waals surface area contributed by atoms with Crippen molar-refractivity contribution in [2.24, 2.45) is 0 Å². The number of benzene rings is 1. The van der Waals surface area contributed by atoms with Crippen LogP contribution in [0.4, 0.5) is 0 Å². The second-order valence-electron chi connectivity index (χ2n) is 5.41. The van der Waals surface area contributed by atoms with Gasteiger partial charge in [0.2, 0.25) is 0 Å². The molecular formula is C18H12ClN3O4. The smallest absolute Gasteiger partial charge is 0.356 e. The number of esters is 1. The van der Waals surface area contributed by atoms with Crippen LogP contribution in [0.15, 0.2) is 63.7 Å². The second kappa shape index (κ2) is 6.89. The molecule has 0 amide bonds. The molecule has 0 aliphatic heterocycles. The van der Waals surface area contributed by atoms with Crippen molar-refractivity contribution in [1.29, 1.82) is 0 Å². The Morgan fingerprint density at radius 3 is 2.77 bits per heavy atom. The Morgan fingerprint density at radius 1 is 1.15 bits per heavy atom. The lowest BCUT2D eigenvalue weighted by Crippen LogP contribution is -2.05. The average molecular weight is 370 g/mol. The minimum absolute atomic E-state index is 0.0228. The highest BCUT2D eigenvalue weighted by molar-refractivity contribution is 6.30. The number of carbonyl (C=O) groups excluding carboxylic acids is 1. The number of hydrogen-bond acceptors (Lipinski definition) is 6. The molecule has 0 bridgehead atoms. The quantitative estimate of drug-likeness (QED) is 0.526. The van der Waals surface area contributed by atoms with Gasteiger partial charge in [-0.15, -0.1) is 0 Å². The number of aromatic amines is 1. The molecule has 1 N–H and O–H groups in total. The summed E-state index contributed by atoms with van der Waals surface area (Å²) in [6.07, 6.45) is 1.53. The van der Waals surface area contributed by atoms with Crippen LogP contribution in [-0.4, -0.2) is 21.3 Å². The molecule has 1 aromatic carbocycles. The summed E-state index contributed by atoms with van der Waals surface area (Å²) in [5, 5.41) is 11.2. The zero-order valence-electron chi connectivity index (χ0n) is 13.3. The molecule has 0 radical (unpaired) electrons. The van der Waals surface area contributed by atoms with Crippen LogP contribution in [0.25, 0.3) is 22.8 Å². The summed E-state index contributed by atoms with van der Waals surface area (Å²) >= 11 is 5.86. The molecular weight excluding hydrogens is 358 g/mol. The van der Waals surface area contributed by atoms with Gasteiger partial charge in [0.1, 0.15) is 23.7 Å². The van der Waals surface area contributed by atoms with Crippen molar-refractivity contribution < 1.29 is 18.5 Å². The Morgan fingerprint density at radius 2 is 2.00 bits per heavy atom. The van der Waals surface area contributed by atoms with E-state index in [0.717, 1.165) is 5.56 Å². The number of aromatic nitrogens is 3. The lowest BCUT2D eigenvalue weighted by Gasteiger charge is -1.98. The first kappa shape index (κ1) is 16.2. The van der Waals surface area contributed by atoms with Crippen molar-refractivity contribution in [3.8, 4) is 22.8 Å². The number of H-pyrrole nitrogens is 1. The van der Waals surface area contributed by atoms with Crippen molar-refractivity contribution in [2.45, 2.75) is 6.61 Å². The first-order valence-corrected chi connectivity index (χ1v) is 8.05. The maximum atomic E-state index is 12.1. The standard InChI is InChI=1S/C18H12ClN3O4/c19-12-5-3-11(4-6-12)17-8-13(22-26-17)10-25-18(23)15-9-14(20-21-15)16-2-1-7-24-16/h1-9H,10H2,(H,20,21). The molecule has 0 saturated carbocycles. The van der Waals surface area contributed by atoms with Gasteiger partial charge in [0.15, 0.2) is 11.5 Å². The number of halogens is 1. The van der Waals surface area contributed by atoms with E-state index in [9.17, 15) is 4.79 Å². The Balaban J connectivity index is 1.40. The van der Waals surface area contributed by atoms with Gasteiger partial charge in [0, 0.05) is 22.7 Å². The largest absolute Gasteiger partial charge is 0.463 e. The topological polar surface area (TPSA) is 94.2 Å². The van der Waals surface area contributed by atoms with Crippen molar-refractivity contribution in [3.05, 3.63) is 71.2 Å². The van der Waals surface area contributed by atoms with Crippen LogP contribution in [0.3, 0.4) is 0 Å². The van der Waals surface area contributed by atoms with Gasteiger partial charge < -0.3 is 13.7 Å². The van der Waals surface area contributed by atoms with E-state index in [-0.39, 0.29) is 12.3 Å². The first-order chi connectivity index (χ1) is 12.7. The molecule has 3 heterocycles. The number of nitrogens with one attached hydrogen (secondary N) is 1. The zero-order valence-corrected chi connectivity index (χ0v) is 14.1. The van der Waals surface area contributed by atoms with E-state index in [4.69, 9.17) is 25.3 Å². The number of carbonyl (C=O) groups is 1. The normalized spacial score (nSPS) is 10.8. The second-order valence-corrected chi connectivity index (χ2v) is 5.85. The van der Waals surface area contributed by atoms with Crippen LogP contribution in [-0.2, 0) is 11.3 Å². The Bertz CT molecular complexity index is 1020. The lowest BCUT2D eigenvalue weighted by atomic mass is 10.2. The van der Waals surface area contributed by atoms with Crippen LogP contribution in [0.1, 0.15) is 16.2 Å². The highest BCUT2D eigenvalue weighted by atomic mass is 35.5. The Labute approximate surface area is 152 Å². The molecule has 7 nitrogen and oxygen atoms in total. The van der Waals surface area contributed by atoms with Gasteiger partial charge in [-0.2, -0.15) is 5.10 Å². The Hall–Kier alpha value is -3.32. The highest BCUT2D eigenvalue weighted by Gasteiger charge is 2.15. The summed E-state index contributed by atoms with van der Waals surface area (Å²) in [6, 6.07) is 13.9. The van der Waals surface area contributed by atoms with E-state index >= 15 is 0 Å². The predicted octanol–water partition coefficient (Wildman–Crippen LogP) is 4.34. The van der Waals surface area contributed by atoms with Gasteiger partial charge in [0.25, 0.3) is 0 Å². The molecule has 0 spiro atoms. The van der Waals surface area contributed by atoms with E-state index in [0.29, 0.717) is 27.9 Å². The summed E-state index contributed by atoms with van der Waals surface area (Å²) in [6.45, 7) is -0.0228. The van der Waals surface area contributed by atoms with Crippen molar-refractivity contribution in [3.63, 3.8) is 0 Å². The third kappa shape index (κ3) is 3.38. The molecule has 3 aromatic heterocycles. The van der Waals surface area contributed by atoms with Crippen LogP contribution in [0.5, 0.6) is 0 Å². The minimum atomic E-state index is -0.550. The molecule has 4 rings (SSSR count). The monoisotopic (exact) mass is 369 g/mol. The molecule has 0 aliphatic rings. The maximum absolute atomic E-state index is 12.1. The van der Waals surface area contributed by atoms with Gasteiger partial charge in [-0.3, -0.25) is 5.10 Å². The van der Waals surface area contributed by atoms with Crippen LogP contribution >= 0.6 is 11.6 Å². The number of furan rings is 1. The molecule has 0 fully saturated rings. The average Bonchev–Trinajstić information content (AvgIpc) is 3.41. The lowest BCUT2D eigenvalue weighted by molar-refractivity contribution is 0.0457. The van der Waals surface area contributed by atoms with E-state index in [1.807, 2.05) is 12.1 Å². The SMILES string of the molecule is O=C(OCc1cc(-c2ccc(Cl)cc2)on1)c1cc(-c2ccco2)n[nH]1. The van der Waals surface area contributed by atoms with E-state index in [1.165, 1.54) is 6.26 Å². The fraction of sp³-hybridized carbons (Fsp3) is 0.0556. The van der Waals surface area contributed by atoms with Crippen LogP contribution < -0.4 is 0 Å².